The number of rotatable bonds is 8. The van der Waals surface area contributed by atoms with Crippen molar-refractivity contribution in [1.82, 2.24) is 15.6 Å². The van der Waals surface area contributed by atoms with Crippen LogP contribution in [0.5, 0.6) is 5.75 Å². The fourth-order valence-electron chi connectivity index (χ4n) is 2.58. The molecule has 1 aromatic carbocycles. The first-order valence-electron chi connectivity index (χ1n) is 9.01. The molecule has 1 heterocycles. The van der Waals surface area contributed by atoms with Crippen molar-refractivity contribution in [3.63, 3.8) is 0 Å². The fraction of sp³-hybridized carbons (Fsp3) is 0.500. The van der Waals surface area contributed by atoms with E-state index in [1.54, 1.807) is 25.5 Å². The molecule has 2 rings (SSSR count). The summed E-state index contributed by atoms with van der Waals surface area (Å²) in [5, 5.41) is 7.97. The molecular weight excluding hydrogens is 344 g/mol. The number of benzene rings is 1. The van der Waals surface area contributed by atoms with E-state index in [9.17, 15) is 0 Å². The van der Waals surface area contributed by atoms with Crippen molar-refractivity contribution >= 4 is 17.3 Å². The highest BCUT2D eigenvalue weighted by molar-refractivity contribution is 7.11. The summed E-state index contributed by atoms with van der Waals surface area (Å²) < 4.78 is 5.24. The van der Waals surface area contributed by atoms with Gasteiger partial charge in [0.25, 0.3) is 0 Å². The number of thiazole rings is 1. The number of hydrogen-bond acceptors (Lipinski definition) is 4. The van der Waals surface area contributed by atoms with E-state index in [1.807, 2.05) is 18.3 Å². The van der Waals surface area contributed by atoms with Crippen LogP contribution in [0.15, 0.2) is 35.5 Å². The van der Waals surface area contributed by atoms with Crippen molar-refractivity contribution in [2.24, 2.45) is 4.99 Å². The Bertz CT molecular complexity index is 707. The minimum Gasteiger partial charge on any atom is -0.497 e. The molecule has 0 atom stereocenters. The molecule has 0 bridgehead atoms. The van der Waals surface area contributed by atoms with E-state index in [0.29, 0.717) is 0 Å². The molecule has 142 valence electrons. The Morgan fingerprint density at radius 3 is 2.54 bits per heavy atom. The number of aliphatic imine (C=N–C) groups is 1. The number of aryl methyl sites for hydroxylation is 1. The van der Waals surface area contributed by atoms with Gasteiger partial charge in [-0.2, -0.15) is 0 Å². The first kappa shape index (κ1) is 20.2. The number of nitrogens with zero attached hydrogens (tertiary/aromatic N) is 2. The van der Waals surface area contributed by atoms with E-state index >= 15 is 0 Å². The molecule has 1 aromatic heterocycles. The molecule has 26 heavy (non-hydrogen) atoms. The maximum Gasteiger partial charge on any atom is 0.191 e. The van der Waals surface area contributed by atoms with Crippen molar-refractivity contribution in [3.8, 4) is 5.75 Å². The van der Waals surface area contributed by atoms with Crippen LogP contribution in [0.4, 0.5) is 0 Å². The van der Waals surface area contributed by atoms with Gasteiger partial charge in [0.05, 0.1) is 12.1 Å². The predicted octanol–water partition coefficient (Wildman–Crippen LogP) is 3.40. The van der Waals surface area contributed by atoms with Gasteiger partial charge in [-0.05, 0) is 24.1 Å². The second-order valence-electron chi connectivity index (χ2n) is 6.79. The molecule has 0 saturated heterocycles. The van der Waals surface area contributed by atoms with Crippen molar-refractivity contribution in [1.29, 1.82) is 0 Å². The topological polar surface area (TPSA) is 58.5 Å². The largest absolute Gasteiger partial charge is 0.497 e. The Balaban J connectivity index is 1.82. The number of nitrogens with one attached hydrogen (secondary N) is 2. The Hall–Kier alpha value is -2.08. The summed E-state index contributed by atoms with van der Waals surface area (Å²) in [6.45, 7) is 8.20. The quantitative estimate of drug-likeness (QED) is 0.549. The van der Waals surface area contributed by atoms with Crippen LogP contribution in [0, 0.1) is 0 Å². The zero-order chi connectivity index (χ0) is 19.0. The van der Waals surface area contributed by atoms with Crippen molar-refractivity contribution in [2.75, 3.05) is 27.2 Å². The van der Waals surface area contributed by atoms with Crippen molar-refractivity contribution in [3.05, 3.63) is 45.9 Å². The number of aromatic nitrogens is 1. The molecule has 0 spiro atoms. The molecule has 0 unspecified atom stereocenters. The van der Waals surface area contributed by atoms with Crippen LogP contribution in [0.1, 0.15) is 36.2 Å². The second kappa shape index (κ2) is 9.57. The van der Waals surface area contributed by atoms with Crippen LogP contribution in [0.2, 0.25) is 0 Å². The van der Waals surface area contributed by atoms with Crippen LogP contribution in [0.25, 0.3) is 0 Å². The van der Waals surface area contributed by atoms with Gasteiger partial charge >= 0.3 is 0 Å². The van der Waals surface area contributed by atoms with E-state index in [-0.39, 0.29) is 5.41 Å². The lowest BCUT2D eigenvalue weighted by Gasteiger charge is -2.27. The third-order valence-corrected chi connectivity index (χ3v) is 5.58. The summed E-state index contributed by atoms with van der Waals surface area (Å²) in [6, 6.07) is 8.24. The molecule has 0 saturated carbocycles. The summed E-state index contributed by atoms with van der Waals surface area (Å²) in [6.07, 6.45) is 3.94. The molecule has 0 radical (unpaired) electrons. The number of ether oxygens (including phenoxy) is 1. The van der Waals surface area contributed by atoms with E-state index < -0.39 is 0 Å². The summed E-state index contributed by atoms with van der Waals surface area (Å²) in [4.78, 5) is 10.1. The SMILES string of the molecule is CCc1cnc(CCNC(=NC)NCC(C)(C)c2ccc(OC)cc2)s1. The van der Waals surface area contributed by atoms with Gasteiger partial charge in [0.2, 0.25) is 0 Å². The number of methoxy groups -OCH3 is 1. The molecule has 5 nitrogen and oxygen atoms in total. The van der Waals surface area contributed by atoms with Crippen LogP contribution in [-0.4, -0.2) is 38.2 Å². The van der Waals surface area contributed by atoms with Gasteiger partial charge in [0.15, 0.2) is 5.96 Å². The van der Waals surface area contributed by atoms with Crippen LogP contribution < -0.4 is 15.4 Å². The maximum absolute atomic E-state index is 5.24. The highest BCUT2D eigenvalue weighted by Gasteiger charge is 2.21. The monoisotopic (exact) mass is 374 g/mol. The minimum absolute atomic E-state index is 0.0186. The van der Waals surface area contributed by atoms with Gasteiger partial charge in [-0.15, -0.1) is 11.3 Å². The van der Waals surface area contributed by atoms with E-state index in [1.165, 1.54) is 15.4 Å². The predicted molar refractivity (Wildman–Crippen MR) is 111 cm³/mol. The van der Waals surface area contributed by atoms with Gasteiger partial charge in [-0.3, -0.25) is 4.99 Å². The molecule has 0 aliphatic rings. The molecule has 2 aromatic rings. The van der Waals surface area contributed by atoms with Gasteiger partial charge in [-0.1, -0.05) is 32.9 Å². The Labute approximate surface area is 160 Å². The average Bonchev–Trinajstić information content (AvgIpc) is 3.12. The van der Waals surface area contributed by atoms with Crippen LogP contribution >= 0.6 is 11.3 Å². The van der Waals surface area contributed by atoms with Gasteiger partial charge in [0.1, 0.15) is 5.75 Å². The molecule has 2 N–H and O–H groups in total. The number of guanidine groups is 1. The second-order valence-corrected chi connectivity index (χ2v) is 7.99. The van der Waals surface area contributed by atoms with Crippen LogP contribution in [0.3, 0.4) is 0 Å². The summed E-state index contributed by atoms with van der Waals surface area (Å²) >= 11 is 1.79. The molecule has 6 heteroatoms. The average molecular weight is 375 g/mol. The molecule has 0 fully saturated rings. The molecular formula is C20H30N4OS. The lowest BCUT2D eigenvalue weighted by atomic mass is 9.84. The van der Waals surface area contributed by atoms with E-state index in [0.717, 1.165) is 37.6 Å². The van der Waals surface area contributed by atoms with Gasteiger partial charge in [0, 0.05) is 43.0 Å². The zero-order valence-electron chi connectivity index (χ0n) is 16.4. The highest BCUT2D eigenvalue weighted by Crippen LogP contribution is 2.24. The Kier molecular flexibility index (Phi) is 7.45. The minimum atomic E-state index is -0.0186. The van der Waals surface area contributed by atoms with Gasteiger partial charge in [-0.25, -0.2) is 4.98 Å². The first-order valence-corrected chi connectivity index (χ1v) is 9.82. The molecule has 0 amide bonds. The normalized spacial score (nSPS) is 12.1. The third kappa shape index (κ3) is 5.73. The zero-order valence-corrected chi connectivity index (χ0v) is 17.2. The van der Waals surface area contributed by atoms with E-state index in [2.05, 4.69) is 53.5 Å². The van der Waals surface area contributed by atoms with Crippen molar-refractivity contribution in [2.45, 2.75) is 39.0 Å². The summed E-state index contributed by atoms with van der Waals surface area (Å²) in [5.41, 5.74) is 1.24. The summed E-state index contributed by atoms with van der Waals surface area (Å²) in [5.74, 6) is 1.70. The highest BCUT2D eigenvalue weighted by atomic mass is 32.1. The molecule has 0 aliphatic carbocycles. The lowest BCUT2D eigenvalue weighted by Crippen LogP contribution is -2.44. The lowest BCUT2D eigenvalue weighted by molar-refractivity contribution is 0.414. The first-order chi connectivity index (χ1) is 12.5. The number of hydrogen-bond donors (Lipinski definition) is 2. The standard InChI is InChI=1S/C20H30N4OS/c1-6-17-13-23-18(26-17)11-12-22-19(21-4)24-14-20(2,3)15-7-9-16(25-5)10-8-15/h7-10,13H,6,11-12,14H2,1-5H3,(H2,21,22,24). The molecule has 0 aliphatic heterocycles. The Morgan fingerprint density at radius 2 is 1.96 bits per heavy atom. The van der Waals surface area contributed by atoms with Crippen molar-refractivity contribution < 1.29 is 4.74 Å². The maximum atomic E-state index is 5.24. The smallest absolute Gasteiger partial charge is 0.191 e. The van der Waals surface area contributed by atoms with E-state index in [4.69, 9.17) is 4.74 Å². The van der Waals surface area contributed by atoms with Crippen LogP contribution in [-0.2, 0) is 18.3 Å². The Morgan fingerprint density at radius 1 is 1.23 bits per heavy atom. The van der Waals surface area contributed by atoms with Gasteiger partial charge < -0.3 is 15.4 Å². The summed E-state index contributed by atoms with van der Waals surface area (Å²) in [7, 11) is 3.49. The fourth-order valence-corrected chi connectivity index (χ4v) is 3.45. The third-order valence-electron chi connectivity index (χ3n) is 4.37.